The molecule has 2 aromatic heterocycles. The lowest BCUT2D eigenvalue weighted by Gasteiger charge is -2.28. The average Bonchev–Trinajstić information content (AvgIpc) is 3.34. The number of nitrogens with one attached hydrogen (secondary N) is 1. The Labute approximate surface area is 175 Å². The molecule has 0 saturated carbocycles. The van der Waals surface area contributed by atoms with Gasteiger partial charge in [0.05, 0.1) is 24.4 Å². The number of carbonyl (C=O) groups is 1. The molecule has 2 atom stereocenters. The molecule has 29 heavy (non-hydrogen) atoms. The maximum absolute atomic E-state index is 12.3. The third-order valence-electron chi connectivity index (χ3n) is 4.92. The van der Waals surface area contributed by atoms with Crippen molar-refractivity contribution in [2.75, 3.05) is 13.2 Å². The van der Waals surface area contributed by atoms with Gasteiger partial charge in [-0.15, -0.1) is 0 Å². The Bertz CT molecular complexity index is 990. The van der Waals surface area contributed by atoms with E-state index in [0.717, 1.165) is 17.1 Å². The number of hydrogen-bond acceptors (Lipinski definition) is 4. The Kier molecular flexibility index (Phi) is 5.57. The summed E-state index contributed by atoms with van der Waals surface area (Å²) in [5.74, 6) is -0.305. The monoisotopic (exact) mass is 406 g/mol. The Morgan fingerprint density at radius 1 is 1.14 bits per heavy atom. The van der Waals surface area contributed by atoms with E-state index in [1.807, 2.05) is 53.6 Å². The first kappa shape index (κ1) is 19.1. The second kappa shape index (κ2) is 8.45. The first-order chi connectivity index (χ1) is 14.2. The van der Waals surface area contributed by atoms with Gasteiger partial charge in [-0.3, -0.25) is 9.78 Å². The Hall–Kier alpha value is -3.19. The van der Waals surface area contributed by atoms with E-state index in [2.05, 4.69) is 33.1 Å². The first-order valence-corrected chi connectivity index (χ1v) is 9.96. The molecule has 3 aromatic rings. The summed E-state index contributed by atoms with van der Waals surface area (Å²) in [4.78, 5) is 18.7. The molecule has 3 heterocycles. The molecule has 1 aliphatic heterocycles. The molecule has 1 saturated heterocycles. The average molecular weight is 407 g/mol. The standard InChI is InChI=1S/C22H22N4O2S/c1-2-28-19(27)15-26-21(20(24-22(26)29)17-11-6-7-13-23-17)18-12-8-14-25(18)16-9-4-3-5-10-16/h3-14,20-21H,2,15H2,1H3,(H,24,29)/t20-,21-/m0/s1. The van der Waals surface area contributed by atoms with E-state index in [9.17, 15) is 4.79 Å². The molecule has 1 N–H and O–H groups in total. The Morgan fingerprint density at radius 2 is 1.93 bits per heavy atom. The summed E-state index contributed by atoms with van der Waals surface area (Å²) in [5.41, 5.74) is 2.93. The van der Waals surface area contributed by atoms with E-state index in [-0.39, 0.29) is 24.6 Å². The highest BCUT2D eigenvalue weighted by Gasteiger charge is 2.42. The van der Waals surface area contributed by atoms with Crippen LogP contribution in [0.15, 0.2) is 73.1 Å². The lowest BCUT2D eigenvalue weighted by atomic mass is 10.0. The van der Waals surface area contributed by atoms with Crippen LogP contribution in [0, 0.1) is 0 Å². The molecule has 0 bridgehead atoms. The fourth-order valence-corrected chi connectivity index (χ4v) is 4.01. The molecular formula is C22H22N4O2S. The van der Waals surface area contributed by atoms with Crippen LogP contribution in [0.1, 0.15) is 30.4 Å². The van der Waals surface area contributed by atoms with Gasteiger partial charge in [-0.05, 0) is 55.5 Å². The molecule has 7 heteroatoms. The molecule has 0 radical (unpaired) electrons. The summed E-state index contributed by atoms with van der Waals surface area (Å²) in [7, 11) is 0. The van der Waals surface area contributed by atoms with Crippen LogP contribution in [0.3, 0.4) is 0 Å². The van der Waals surface area contributed by atoms with Crippen molar-refractivity contribution >= 4 is 23.3 Å². The number of benzene rings is 1. The van der Waals surface area contributed by atoms with Gasteiger partial charge in [0.1, 0.15) is 6.54 Å². The van der Waals surface area contributed by atoms with Crippen molar-refractivity contribution in [1.29, 1.82) is 0 Å². The van der Waals surface area contributed by atoms with Gasteiger partial charge in [-0.1, -0.05) is 24.3 Å². The predicted octanol–water partition coefficient (Wildman–Crippen LogP) is 3.41. The molecular weight excluding hydrogens is 384 g/mol. The summed E-state index contributed by atoms with van der Waals surface area (Å²) in [5, 5.41) is 3.87. The van der Waals surface area contributed by atoms with Crippen LogP contribution in [0.2, 0.25) is 0 Å². The fourth-order valence-electron chi connectivity index (χ4n) is 3.70. The smallest absolute Gasteiger partial charge is 0.325 e. The van der Waals surface area contributed by atoms with Crippen molar-refractivity contribution in [3.8, 4) is 5.69 Å². The van der Waals surface area contributed by atoms with E-state index >= 15 is 0 Å². The highest BCUT2D eigenvalue weighted by molar-refractivity contribution is 7.80. The normalized spacial score (nSPS) is 18.5. The molecule has 1 aromatic carbocycles. The molecule has 0 spiro atoms. The van der Waals surface area contributed by atoms with Gasteiger partial charge in [0, 0.05) is 23.8 Å². The molecule has 4 rings (SSSR count). The zero-order valence-corrected chi connectivity index (χ0v) is 16.9. The van der Waals surface area contributed by atoms with E-state index in [1.54, 1.807) is 13.1 Å². The molecule has 0 aliphatic carbocycles. The van der Waals surface area contributed by atoms with Gasteiger partial charge in [0.2, 0.25) is 0 Å². The third-order valence-corrected chi connectivity index (χ3v) is 5.27. The van der Waals surface area contributed by atoms with E-state index < -0.39 is 0 Å². The van der Waals surface area contributed by atoms with Crippen molar-refractivity contribution in [3.05, 3.63) is 84.4 Å². The van der Waals surface area contributed by atoms with E-state index in [4.69, 9.17) is 17.0 Å². The summed E-state index contributed by atoms with van der Waals surface area (Å²) in [6, 6.07) is 19.6. The van der Waals surface area contributed by atoms with Crippen LogP contribution in [-0.4, -0.2) is 38.7 Å². The molecule has 0 unspecified atom stereocenters. The second-order valence-corrected chi connectivity index (χ2v) is 7.08. The number of aromatic nitrogens is 2. The molecule has 6 nitrogen and oxygen atoms in total. The Morgan fingerprint density at radius 3 is 2.66 bits per heavy atom. The van der Waals surface area contributed by atoms with Crippen molar-refractivity contribution in [1.82, 2.24) is 19.8 Å². The first-order valence-electron chi connectivity index (χ1n) is 9.55. The van der Waals surface area contributed by atoms with Crippen LogP contribution in [0.5, 0.6) is 0 Å². The predicted molar refractivity (Wildman–Crippen MR) is 115 cm³/mol. The van der Waals surface area contributed by atoms with Crippen molar-refractivity contribution in [3.63, 3.8) is 0 Å². The number of ether oxygens (including phenoxy) is 1. The highest BCUT2D eigenvalue weighted by Crippen LogP contribution is 2.39. The number of hydrogen-bond donors (Lipinski definition) is 1. The minimum Gasteiger partial charge on any atom is -0.465 e. The number of esters is 1. The lowest BCUT2D eigenvalue weighted by molar-refractivity contribution is -0.143. The van der Waals surface area contributed by atoms with E-state index in [0.29, 0.717) is 11.7 Å². The van der Waals surface area contributed by atoms with Crippen LogP contribution in [0.25, 0.3) is 5.69 Å². The SMILES string of the molecule is CCOC(=O)CN1C(=S)N[C@@H](c2ccccn2)[C@@H]1c1cccn1-c1ccccc1. The van der Waals surface area contributed by atoms with Gasteiger partial charge in [0.15, 0.2) is 5.11 Å². The van der Waals surface area contributed by atoms with Gasteiger partial charge >= 0.3 is 5.97 Å². The lowest BCUT2D eigenvalue weighted by Crippen LogP contribution is -2.36. The summed E-state index contributed by atoms with van der Waals surface area (Å²) in [6.45, 7) is 2.21. The molecule has 0 amide bonds. The van der Waals surface area contributed by atoms with Crippen LogP contribution in [0.4, 0.5) is 0 Å². The van der Waals surface area contributed by atoms with Crippen molar-refractivity contribution in [2.24, 2.45) is 0 Å². The summed E-state index contributed by atoms with van der Waals surface area (Å²) < 4.78 is 7.30. The second-order valence-electron chi connectivity index (χ2n) is 6.70. The van der Waals surface area contributed by atoms with Crippen molar-refractivity contribution in [2.45, 2.75) is 19.0 Å². The number of thiocarbonyl (C=S) groups is 1. The maximum atomic E-state index is 12.3. The summed E-state index contributed by atoms with van der Waals surface area (Å²) >= 11 is 5.60. The Balaban J connectivity index is 1.77. The van der Waals surface area contributed by atoms with Gasteiger partial charge in [-0.25, -0.2) is 0 Å². The number of para-hydroxylation sites is 1. The summed E-state index contributed by atoms with van der Waals surface area (Å²) in [6.07, 6.45) is 3.78. The minimum atomic E-state index is -0.305. The quantitative estimate of drug-likeness (QED) is 0.500. The number of carbonyl (C=O) groups excluding carboxylic acids is 1. The number of rotatable bonds is 6. The van der Waals surface area contributed by atoms with Crippen LogP contribution < -0.4 is 5.32 Å². The van der Waals surface area contributed by atoms with Crippen LogP contribution in [-0.2, 0) is 9.53 Å². The minimum absolute atomic E-state index is 0.0770. The molecule has 1 fully saturated rings. The van der Waals surface area contributed by atoms with E-state index in [1.165, 1.54) is 0 Å². The zero-order chi connectivity index (χ0) is 20.2. The number of nitrogens with zero attached hydrogens (tertiary/aromatic N) is 3. The van der Waals surface area contributed by atoms with Gasteiger partial charge in [0.25, 0.3) is 0 Å². The van der Waals surface area contributed by atoms with Crippen molar-refractivity contribution < 1.29 is 9.53 Å². The highest BCUT2D eigenvalue weighted by atomic mass is 32.1. The third kappa shape index (κ3) is 3.86. The zero-order valence-electron chi connectivity index (χ0n) is 16.1. The molecule has 148 valence electrons. The number of pyridine rings is 1. The maximum Gasteiger partial charge on any atom is 0.325 e. The largest absolute Gasteiger partial charge is 0.465 e. The molecule has 1 aliphatic rings. The van der Waals surface area contributed by atoms with Gasteiger partial charge < -0.3 is 19.5 Å². The fraction of sp³-hybridized carbons (Fsp3) is 0.227. The topological polar surface area (TPSA) is 59.4 Å². The van der Waals surface area contributed by atoms with Crippen LogP contribution >= 0.6 is 12.2 Å². The van der Waals surface area contributed by atoms with Gasteiger partial charge in [-0.2, -0.15) is 0 Å².